The van der Waals surface area contributed by atoms with Crippen LogP contribution in [0.25, 0.3) is 0 Å². The standard InChI is InChI=1S/C14H21N3O3S3.ClH/c15-9-11(10-1-2-10)16-14(18)13-12(3-6-22-13)23(19,20)17-4-7-21-8-5-17;/h3,6,10-11H,1-2,4-5,7-9,15H2,(H,16,18);1H. The first-order chi connectivity index (χ1) is 11.0. The summed E-state index contributed by atoms with van der Waals surface area (Å²) in [6, 6.07) is 1.47. The van der Waals surface area contributed by atoms with Crippen molar-refractivity contribution in [3.63, 3.8) is 0 Å². The molecule has 2 heterocycles. The molecule has 136 valence electrons. The summed E-state index contributed by atoms with van der Waals surface area (Å²) >= 11 is 2.92. The minimum atomic E-state index is -3.60. The van der Waals surface area contributed by atoms with Gasteiger partial charge in [-0.1, -0.05) is 0 Å². The quantitative estimate of drug-likeness (QED) is 0.737. The van der Waals surface area contributed by atoms with Crippen molar-refractivity contribution >= 4 is 51.4 Å². The maximum absolute atomic E-state index is 12.8. The summed E-state index contributed by atoms with van der Waals surface area (Å²) < 4.78 is 27.1. The van der Waals surface area contributed by atoms with Gasteiger partial charge in [-0.2, -0.15) is 16.1 Å². The number of hydrogen-bond donors (Lipinski definition) is 2. The van der Waals surface area contributed by atoms with E-state index < -0.39 is 10.0 Å². The summed E-state index contributed by atoms with van der Waals surface area (Å²) in [5, 5.41) is 4.57. The Morgan fingerprint density at radius 3 is 2.62 bits per heavy atom. The van der Waals surface area contributed by atoms with Crippen LogP contribution in [-0.2, 0) is 10.0 Å². The monoisotopic (exact) mass is 411 g/mol. The second-order valence-electron chi connectivity index (χ2n) is 5.78. The number of nitrogens with zero attached hydrogens (tertiary/aromatic N) is 1. The van der Waals surface area contributed by atoms with Crippen LogP contribution in [0, 0.1) is 5.92 Å². The fourth-order valence-electron chi connectivity index (χ4n) is 2.69. The van der Waals surface area contributed by atoms with Gasteiger partial charge in [0.15, 0.2) is 0 Å². The third-order valence-electron chi connectivity index (χ3n) is 4.18. The first-order valence-electron chi connectivity index (χ1n) is 7.70. The number of nitrogens with one attached hydrogen (secondary N) is 1. The summed E-state index contributed by atoms with van der Waals surface area (Å²) in [5.74, 6) is 1.69. The third kappa shape index (κ3) is 4.25. The first kappa shape index (κ1) is 20.0. The Morgan fingerprint density at radius 1 is 1.38 bits per heavy atom. The van der Waals surface area contributed by atoms with Gasteiger partial charge in [0, 0.05) is 37.2 Å². The molecule has 1 aliphatic heterocycles. The maximum atomic E-state index is 12.8. The summed E-state index contributed by atoms with van der Waals surface area (Å²) in [6.45, 7) is 1.38. The van der Waals surface area contributed by atoms with E-state index in [1.165, 1.54) is 21.7 Å². The Hall–Kier alpha value is -0.320. The molecule has 3 N–H and O–H groups in total. The Kier molecular flexibility index (Phi) is 6.98. The number of rotatable bonds is 6. The van der Waals surface area contributed by atoms with Crippen molar-refractivity contribution in [2.75, 3.05) is 31.1 Å². The third-order valence-corrected chi connectivity index (χ3v) is 8.11. The van der Waals surface area contributed by atoms with E-state index in [1.807, 2.05) is 0 Å². The molecule has 1 atom stereocenters. The predicted octanol–water partition coefficient (Wildman–Crippen LogP) is 1.37. The Balaban J connectivity index is 0.00000208. The van der Waals surface area contributed by atoms with Crippen LogP contribution in [0.1, 0.15) is 22.5 Å². The van der Waals surface area contributed by atoms with Crippen molar-refractivity contribution < 1.29 is 13.2 Å². The molecule has 3 rings (SSSR count). The van der Waals surface area contributed by atoms with Crippen molar-refractivity contribution in [3.05, 3.63) is 16.3 Å². The number of sulfonamides is 1. The lowest BCUT2D eigenvalue weighted by atomic mass is 10.2. The molecule has 1 saturated carbocycles. The molecule has 1 aromatic rings. The molecule has 2 fully saturated rings. The molecular weight excluding hydrogens is 390 g/mol. The highest BCUT2D eigenvalue weighted by molar-refractivity contribution is 7.99. The van der Waals surface area contributed by atoms with Crippen LogP contribution in [0.5, 0.6) is 0 Å². The van der Waals surface area contributed by atoms with Gasteiger partial charge in [-0.05, 0) is 30.2 Å². The molecule has 10 heteroatoms. The van der Waals surface area contributed by atoms with Crippen LogP contribution in [-0.4, -0.2) is 55.8 Å². The highest BCUT2D eigenvalue weighted by atomic mass is 35.5. The zero-order valence-corrected chi connectivity index (χ0v) is 16.4. The number of nitrogens with two attached hydrogens (primary N) is 1. The second-order valence-corrected chi connectivity index (χ2v) is 9.83. The zero-order chi connectivity index (χ0) is 16.4. The van der Waals surface area contributed by atoms with E-state index >= 15 is 0 Å². The maximum Gasteiger partial charge on any atom is 0.263 e. The number of thiophene rings is 1. The molecule has 0 bridgehead atoms. The minimum absolute atomic E-state index is 0. The number of amides is 1. The van der Waals surface area contributed by atoms with Crippen LogP contribution >= 0.6 is 35.5 Å². The molecule has 24 heavy (non-hydrogen) atoms. The smallest absolute Gasteiger partial charge is 0.263 e. The molecule has 0 spiro atoms. The largest absolute Gasteiger partial charge is 0.347 e. The van der Waals surface area contributed by atoms with E-state index in [0.29, 0.717) is 25.6 Å². The van der Waals surface area contributed by atoms with Gasteiger partial charge in [-0.3, -0.25) is 4.79 Å². The normalized spacial score (nSPS) is 20.2. The topological polar surface area (TPSA) is 92.5 Å². The highest BCUT2D eigenvalue weighted by Crippen LogP contribution is 2.33. The van der Waals surface area contributed by atoms with Crippen LogP contribution in [0.15, 0.2) is 16.3 Å². The van der Waals surface area contributed by atoms with Crippen LogP contribution in [0.4, 0.5) is 0 Å². The molecule has 1 amide bonds. The van der Waals surface area contributed by atoms with Gasteiger partial charge in [0.1, 0.15) is 9.77 Å². The first-order valence-corrected chi connectivity index (χ1v) is 11.2. The molecule has 6 nitrogen and oxygen atoms in total. The average Bonchev–Trinajstić information content (AvgIpc) is 3.28. The highest BCUT2D eigenvalue weighted by Gasteiger charge is 2.34. The van der Waals surface area contributed by atoms with Gasteiger partial charge in [0.2, 0.25) is 10.0 Å². The number of thioether (sulfide) groups is 1. The average molecular weight is 412 g/mol. The van der Waals surface area contributed by atoms with Crippen molar-refractivity contribution in [1.29, 1.82) is 0 Å². The molecular formula is C14H22ClN3O3S3. The number of carbonyl (C=O) groups excluding carboxylic acids is 1. The Morgan fingerprint density at radius 2 is 2.04 bits per heavy atom. The van der Waals surface area contributed by atoms with E-state index in [0.717, 1.165) is 24.3 Å². The Bertz CT molecular complexity index is 670. The van der Waals surface area contributed by atoms with Gasteiger partial charge in [-0.15, -0.1) is 23.7 Å². The van der Waals surface area contributed by atoms with Crippen molar-refractivity contribution in [2.24, 2.45) is 11.7 Å². The molecule has 1 aromatic heterocycles. The van der Waals surface area contributed by atoms with Crippen LogP contribution in [0.3, 0.4) is 0 Å². The van der Waals surface area contributed by atoms with E-state index in [9.17, 15) is 13.2 Å². The molecule has 0 aromatic carbocycles. The van der Waals surface area contributed by atoms with E-state index in [-0.39, 0.29) is 34.1 Å². The lowest BCUT2D eigenvalue weighted by molar-refractivity contribution is 0.0934. The lowest BCUT2D eigenvalue weighted by Gasteiger charge is -2.25. The predicted molar refractivity (Wildman–Crippen MR) is 101 cm³/mol. The van der Waals surface area contributed by atoms with Crippen LogP contribution in [0.2, 0.25) is 0 Å². The molecule has 1 unspecified atom stereocenters. The van der Waals surface area contributed by atoms with E-state index in [1.54, 1.807) is 17.1 Å². The van der Waals surface area contributed by atoms with Gasteiger partial charge in [0.05, 0.1) is 0 Å². The summed E-state index contributed by atoms with van der Waals surface area (Å²) in [7, 11) is -3.60. The van der Waals surface area contributed by atoms with E-state index in [4.69, 9.17) is 5.73 Å². The number of halogens is 1. The molecule has 2 aliphatic rings. The van der Waals surface area contributed by atoms with Crippen LogP contribution < -0.4 is 11.1 Å². The molecule has 1 saturated heterocycles. The summed E-state index contributed by atoms with van der Waals surface area (Å²) in [6.07, 6.45) is 2.15. The van der Waals surface area contributed by atoms with Crippen molar-refractivity contribution in [3.8, 4) is 0 Å². The van der Waals surface area contributed by atoms with E-state index in [2.05, 4.69) is 5.32 Å². The van der Waals surface area contributed by atoms with Gasteiger partial charge >= 0.3 is 0 Å². The number of carbonyl (C=O) groups is 1. The minimum Gasteiger partial charge on any atom is -0.347 e. The fourth-order valence-corrected chi connectivity index (χ4v) is 6.57. The SMILES string of the molecule is Cl.NCC(NC(=O)c1sccc1S(=O)(=O)N1CCSCC1)C1CC1. The number of hydrogen-bond acceptors (Lipinski definition) is 6. The molecule has 1 aliphatic carbocycles. The van der Waals surface area contributed by atoms with Crippen molar-refractivity contribution in [2.45, 2.75) is 23.8 Å². The summed E-state index contributed by atoms with van der Waals surface area (Å²) in [4.78, 5) is 12.9. The Labute approximate surface area is 157 Å². The zero-order valence-electron chi connectivity index (χ0n) is 13.1. The summed E-state index contributed by atoms with van der Waals surface area (Å²) in [5.41, 5.74) is 5.72. The van der Waals surface area contributed by atoms with Gasteiger partial charge in [0.25, 0.3) is 5.91 Å². The fraction of sp³-hybridized carbons (Fsp3) is 0.643. The second kappa shape index (κ2) is 8.37. The molecule has 0 radical (unpaired) electrons. The lowest BCUT2D eigenvalue weighted by Crippen LogP contribution is -2.42. The van der Waals surface area contributed by atoms with Gasteiger partial charge in [-0.25, -0.2) is 8.42 Å². The van der Waals surface area contributed by atoms with Gasteiger partial charge < -0.3 is 11.1 Å². The van der Waals surface area contributed by atoms with Crippen molar-refractivity contribution in [1.82, 2.24) is 9.62 Å².